The summed E-state index contributed by atoms with van der Waals surface area (Å²) in [7, 11) is 0. The minimum Gasteiger partial charge on any atom is -0.481 e. The Hall–Kier alpha value is -1.03. The Morgan fingerprint density at radius 2 is 2.33 bits per heavy atom. The summed E-state index contributed by atoms with van der Waals surface area (Å²) in [4.78, 5) is 10.8. The number of carboxylic acids is 1. The van der Waals surface area contributed by atoms with Crippen LogP contribution in [0.4, 0.5) is 0 Å². The molecule has 0 radical (unpaired) electrons. The van der Waals surface area contributed by atoms with E-state index in [-0.39, 0.29) is 0 Å². The molecule has 15 heavy (non-hydrogen) atoms. The first-order chi connectivity index (χ1) is 6.92. The van der Waals surface area contributed by atoms with E-state index in [1.54, 1.807) is 30.9 Å². The fourth-order valence-electron chi connectivity index (χ4n) is 1.25. The summed E-state index contributed by atoms with van der Waals surface area (Å²) < 4.78 is 1.72. The first-order valence-corrected chi connectivity index (χ1v) is 5.21. The van der Waals surface area contributed by atoms with Gasteiger partial charge in [-0.2, -0.15) is 5.10 Å². The van der Waals surface area contributed by atoms with Gasteiger partial charge in [-0.3, -0.25) is 9.48 Å². The van der Waals surface area contributed by atoms with Gasteiger partial charge in [-0.1, -0.05) is 11.6 Å². The van der Waals surface area contributed by atoms with Gasteiger partial charge in [0.15, 0.2) is 0 Å². The maximum absolute atomic E-state index is 10.8. The van der Waals surface area contributed by atoms with Crippen LogP contribution in [-0.2, 0) is 11.3 Å². The molecule has 5 heteroatoms. The summed E-state index contributed by atoms with van der Waals surface area (Å²) in [5, 5.41) is 13.5. The van der Waals surface area contributed by atoms with E-state index in [9.17, 15) is 4.79 Å². The van der Waals surface area contributed by atoms with Crippen molar-refractivity contribution in [3.63, 3.8) is 0 Å². The average Bonchev–Trinajstić information content (AvgIpc) is 2.51. The second kappa shape index (κ2) is 4.66. The molecule has 0 unspecified atom stereocenters. The normalized spacial score (nSPS) is 11.7. The maximum atomic E-state index is 10.8. The van der Waals surface area contributed by atoms with E-state index >= 15 is 0 Å². The Bertz CT molecular complexity index is 347. The lowest BCUT2D eigenvalue weighted by atomic mass is 9.88. The smallest absolute Gasteiger partial charge is 0.309 e. The number of rotatable bonds is 5. The lowest BCUT2D eigenvalue weighted by Gasteiger charge is -2.18. The van der Waals surface area contributed by atoms with Crippen LogP contribution in [0.2, 0.25) is 5.02 Å². The quantitative estimate of drug-likeness (QED) is 0.845. The van der Waals surface area contributed by atoms with Crippen LogP contribution in [0, 0.1) is 5.41 Å². The molecule has 1 heterocycles. The van der Waals surface area contributed by atoms with Crippen LogP contribution >= 0.6 is 11.6 Å². The van der Waals surface area contributed by atoms with Gasteiger partial charge in [-0.25, -0.2) is 0 Å². The van der Waals surface area contributed by atoms with Gasteiger partial charge >= 0.3 is 5.97 Å². The van der Waals surface area contributed by atoms with Crippen LogP contribution in [0.3, 0.4) is 0 Å². The number of carboxylic acid groups (broad SMARTS) is 1. The molecule has 0 amide bonds. The minimum absolute atomic E-state index is 0.604. The van der Waals surface area contributed by atoms with Crippen LogP contribution in [0.25, 0.3) is 0 Å². The van der Waals surface area contributed by atoms with E-state index in [1.807, 2.05) is 0 Å². The van der Waals surface area contributed by atoms with Crippen LogP contribution < -0.4 is 0 Å². The van der Waals surface area contributed by atoms with Gasteiger partial charge < -0.3 is 5.11 Å². The summed E-state index contributed by atoms with van der Waals surface area (Å²) in [6.07, 6.45) is 4.70. The minimum atomic E-state index is -0.763. The monoisotopic (exact) mass is 230 g/mol. The van der Waals surface area contributed by atoms with Crippen molar-refractivity contribution >= 4 is 17.6 Å². The molecule has 1 N–H and O–H groups in total. The highest BCUT2D eigenvalue weighted by Crippen LogP contribution is 2.22. The van der Waals surface area contributed by atoms with Crippen molar-refractivity contribution in [3.8, 4) is 0 Å². The van der Waals surface area contributed by atoms with Gasteiger partial charge in [0.25, 0.3) is 0 Å². The zero-order valence-corrected chi connectivity index (χ0v) is 9.66. The molecule has 0 aromatic carbocycles. The van der Waals surface area contributed by atoms with Crippen LogP contribution in [0.1, 0.15) is 26.7 Å². The van der Waals surface area contributed by atoms with Crippen molar-refractivity contribution in [2.24, 2.45) is 5.41 Å². The van der Waals surface area contributed by atoms with E-state index in [4.69, 9.17) is 16.7 Å². The Labute approximate surface area is 93.9 Å². The molecule has 1 aromatic rings. The van der Waals surface area contributed by atoms with Gasteiger partial charge in [-0.05, 0) is 26.7 Å². The average molecular weight is 231 g/mol. The highest BCUT2D eigenvalue weighted by Gasteiger charge is 2.26. The molecular formula is C10H15ClN2O2. The molecule has 0 atom stereocenters. The molecule has 0 aliphatic rings. The van der Waals surface area contributed by atoms with Crippen LogP contribution in [0.5, 0.6) is 0 Å². The molecule has 1 aromatic heterocycles. The Morgan fingerprint density at radius 1 is 1.67 bits per heavy atom. The number of carbonyl (C=O) groups is 1. The number of hydrogen-bond acceptors (Lipinski definition) is 2. The third-order valence-electron chi connectivity index (χ3n) is 2.37. The summed E-state index contributed by atoms with van der Waals surface area (Å²) in [6, 6.07) is 0. The first-order valence-electron chi connectivity index (χ1n) is 4.83. The molecule has 0 aliphatic carbocycles. The van der Waals surface area contributed by atoms with Gasteiger partial charge in [0.1, 0.15) is 0 Å². The number of nitrogens with zero attached hydrogens (tertiary/aromatic N) is 2. The molecule has 1 rings (SSSR count). The molecule has 84 valence electrons. The molecule has 0 saturated carbocycles. The topological polar surface area (TPSA) is 55.1 Å². The van der Waals surface area contributed by atoms with Crippen molar-refractivity contribution in [1.29, 1.82) is 0 Å². The van der Waals surface area contributed by atoms with E-state index < -0.39 is 11.4 Å². The van der Waals surface area contributed by atoms with Gasteiger partial charge in [0, 0.05) is 12.7 Å². The molecular weight excluding hydrogens is 216 g/mol. The summed E-state index contributed by atoms with van der Waals surface area (Å²) in [5.74, 6) is -0.763. The standard InChI is InChI=1S/C10H15ClN2O2/c1-10(2,9(14)15)4-3-5-13-7-8(11)6-12-13/h6-7H,3-5H2,1-2H3,(H,14,15). The summed E-state index contributed by atoms with van der Waals surface area (Å²) in [6.45, 7) is 4.15. The number of aliphatic carboxylic acids is 1. The number of halogens is 1. The predicted molar refractivity (Wildman–Crippen MR) is 57.9 cm³/mol. The zero-order valence-electron chi connectivity index (χ0n) is 8.90. The Morgan fingerprint density at radius 3 is 2.80 bits per heavy atom. The highest BCUT2D eigenvalue weighted by atomic mass is 35.5. The highest BCUT2D eigenvalue weighted by molar-refractivity contribution is 6.30. The van der Waals surface area contributed by atoms with Crippen LogP contribution in [-0.4, -0.2) is 20.9 Å². The van der Waals surface area contributed by atoms with Gasteiger partial charge in [0.05, 0.1) is 16.6 Å². The predicted octanol–water partition coefficient (Wildman–Crippen LogP) is 2.43. The molecule has 0 saturated heterocycles. The van der Waals surface area contributed by atoms with Gasteiger partial charge in [0.2, 0.25) is 0 Å². The Kier molecular flexibility index (Phi) is 3.74. The number of aromatic nitrogens is 2. The zero-order chi connectivity index (χ0) is 11.5. The van der Waals surface area contributed by atoms with Gasteiger partial charge in [-0.15, -0.1) is 0 Å². The van der Waals surface area contributed by atoms with Crippen molar-refractivity contribution in [1.82, 2.24) is 9.78 Å². The van der Waals surface area contributed by atoms with E-state index in [1.165, 1.54) is 0 Å². The molecule has 0 fully saturated rings. The summed E-state index contributed by atoms with van der Waals surface area (Å²) in [5.41, 5.74) is -0.670. The number of aryl methyl sites for hydroxylation is 1. The lowest BCUT2D eigenvalue weighted by Crippen LogP contribution is -2.23. The van der Waals surface area contributed by atoms with Crippen LogP contribution in [0.15, 0.2) is 12.4 Å². The first kappa shape index (κ1) is 12.0. The third kappa shape index (κ3) is 3.55. The molecule has 0 bridgehead atoms. The maximum Gasteiger partial charge on any atom is 0.309 e. The molecule has 0 aliphatic heterocycles. The second-order valence-corrected chi connectivity index (χ2v) is 4.65. The van der Waals surface area contributed by atoms with E-state index in [2.05, 4.69) is 5.10 Å². The van der Waals surface area contributed by atoms with Crippen molar-refractivity contribution in [3.05, 3.63) is 17.4 Å². The third-order valence-corrected chi connectivity index (χ3v) is 2.56. The fourth-order valence-corrected chi connectivity index (χ4v) is 1.41. The largest absolute Gasteiger partial charge is 0.481 e. The van der Waals surface area contributed by atoms with E-state index in [0.717, 1.165) is 6.42 Å². The lowest BCUT2D eigenvalue weighted by molar-refractivity contribution is -0.147. The fraction of sp³-hybridized carbons (Fsp3) is 0.600. The SMILES string of the molecule is CC(C)(CCCn1cc(Cl)cn1)C(=O)O. The second-order valence-electron chi connectivity index (χ2n) is 4.21. The Balaban J connectivity index is 2.36. The number of hydrogen-bond donors (Lipinski definition) is 1. The van der Waals surface area contributed by atoms with Crippen molar-refractivity contribution in [2.45, 2.75) is 33.2 Å². The molecule has 0 spiro atoms. The van der Waals surface area contributed by atoms with E-state index in [0.29, 0.717) is 18.0 Å². The van der Waals surface area contributed by atoms with Crippen molar-refractivity contribution in [2.75, 3.05) is 0 Å². The van der Waals surface area contributed by atoms with Crippen molar-refractivity contribution < 1.29 is 9.90 Å². The molecule has 4 nitrogen and oxygen atoms in total. The summed E-state index contributed by atoms with van der Waals surface area (Å²) >= 11 is 5.70.